The first-order chi connectivity index (χ1) is 17.4. The lowest BCUT2D eigenvalue weighted by atomic mass is 9.95. The van der Waals surface area contributed by atoms with Crippen molar-refractivity contribution in [3.63, 3.8) is 0 Å². The molecule has 4 heterocycles. The number of furan rings is 1. The Labute approximate surface area is 212 Å². The number of aromatic nitrogens is 1. The number of aliphatic hydroxyl groups excluding tert-OH is 1. The van der Waals surface area contributed by atoms with E-state index in [-0.39, 0.29) is 29.9 Å². The summed E-state index contributed by atoms with van der Waals surface area (Å²) in [4.78, 5) is 30.2. The Balaban J connectivity index is 1.16. The number of aliphatic hydroxyl groups is 1. The minimum Gasteiger partial charge on any atom is -0.456 e. The van der Waals surface area contributed by atoms with Gasteiger partial charge in [-0.25, -0.2) is 0 Å². The van der Waals surface area contributed by atoms with E-state index in [1.165, 1.54) is 19.3 Å². The Kier molecular flexibility index (Phi) is 7.48. The van der Waals surface area contributed by atoms with Crippen molar-refractivity contribution in [1.29, 1.82) is 0 Å². The average Bonchev–Trinajstić information content (AvgIpc) is 3.60. The number of piperidine rings is 1. The van der Waals surface area contributed by atoms with E-state index in [0.29, 0.717) is 44.0 Å². The smallest absolute Gasteiger partial charge is 0.289 e. The first-order valence-electron chi connectivity index (χ1n) is 13.4. The van der Waals surface area contributed by atoms with Gasteiger partial charge in [0.05, 0.1) is 17.8 Å². The van der Waals surface area contributed by atoms with E-state index in [0.717, 1.165) is 42.7 Å². The highest BCUT2D eigenvalue weighted by molar-refractivity contribution is 5.91. The Morgan fingerprint density at radius 1 is 1.11 bits per heavy atom. The SMILES string of the molecule is Cc1noc(C)c1Cc1ccc(C(=O)N2CCC(N3C[C@H](O)C[C@H]3C(=O)NC3CCCCC3)CC2)o1. The number of rotatable bonds is 6. The van der Waals surface area contributed by atoms with Gasteiger partial charge in [-0.2, -0.15) is 0 Å². The molecule has 1 aliphatic carbocycles. The van der Waals surface area contributed by atoms with Crippen molar-refractivity contribution in [3.05, 3.63) is 40.7 Å². The molecule has 0 spiro atoms. The van der Waals surface area contributed by atoms with Crippen LogP contribution in [0.25, 0.3) is 0 Å². The molecule has 0 aromatic carbocycles. The molecule has 0 radical (unpaired) electrons. The molecule has 3 aliphatic rings. The van der Waals surface area contributed by atoms with Gasteiger partial charge in [0.2, 0.25) is 5.91 Å². The van der Waals surface area contributed by atoms with Gasteiger partial charge in [0.15, 0.2) is 5.76 Å². The second-order valence-corrected chi connectivity index (χ2v) is 10.7. The zero-order valence-corrected chi connectivity index (χ0v) is 21.4. The molecular formula is C27H38N4O5. The summed E-state index contributed by atoms with van der Waals surface area (Å²) in [6, 6.07) is 3.74. The van der Waals surface area contributed by atoms with Crippen LogP contribution in [0.3, 0.4) is 0 Å². The Bertz CT molecular complexity index is 1040. The maximum absolute atomic E-state index is 13.1. The van der Waals surface area contributed by atoms with Crippen LogP contribution in [-0.4, -0.2) is 75.7 Å². The largest absolute Gasteiger partial charge is 0.456 e. The molecule has 2 aromatic heterocycles. The Morgan fingerprint density at radius 2 is 1.86 bits per heavy atom. The van der Waals surface area contributed by atoms with Crippen LogP contribution < -0.4 is 5.32 Å². The van der Waals surface area contributed by atoms with E-state index in [2.05, 4.69) is 15.4 Å². The molecule has 1 saturated carbocycles. The van der Waals surface area contributed by atoms with Gasteiger partial charge in [0, 0.05) is 43.7 Å². The van der Waals surface area contributed by atoms with Gasteiger partial charge in [-0.3, -0.25) is 14.5 Å². The molecular weight excluding hydrogens is 460 g/mol. The molecule has 2 N–H and O–H groups in total. The number of hydrogen-bond acceptors (Lipinski definition) is 7. The van der Waals surface area contributed by atoms with Crippen LogP contribution in [0.15, 0.2) is 21.1 Å². The summed E-state index contributed by atoms with van der Waals surface area (Å²) in [5, 5.41) is 17.6. The maximum atomic E-state index is 13.1. The van der Waals surface area contributed by atoms with E-state index in [9.17, 15) is 14.7 Å². The Morgan fingerprint density at radius 3 is 2.56 bits per heavy atom. The van der Waals surface area contributed by atoms with Gasteiger partial charge in [-0.05, 0) is 58.1 Å². The number of amides is 2. The maximum Gasteiger partial charge on any atom is 0.289 e. The topological polar surface area (TPSA) is 112 Å². The summed E-state index contributed by atoms with van der Waals surface area (Å²) in [5.74, 6) is 1.76. The van der Waals surface area contributed by atoms with Crippen LogP contribution >= 0.6 is 0 Å². The third-order valence-corrected chi connectivity index (χ3v) is 8.20. The van der Waals surface area contributed by atoms with Crippen molar-refractivity contribution in [2.45, 2.75) is 95.9 Å². The fraction of sp³-hybridized carbons (Fsp3) is 0.667. The fourth-order valence-corrected chi connectivity index (χ4v) is 6.12. The van der Waals surface area contributed by atoms with E-state index in [4.69, 9.17) is 8.94 Å². The second-order valence-electron chi connectivity index (χ2n) is 10.7. The predicted octanol–water partition coefficient (Wildman–Crippen LogP) is 2.96. The summed E-state index contributed by atoms with van der Waals surface area (Å²) < 4.78 is 11.1. The second kappa shape index (κ2) is 10.8. The first kappa shape index (κ1) is 25.0. The molecule has 2 aliphatic heterocycles. The number of likely N-dealkylation sites (tertiary alicyclic amines) is 2. The van der Waals surface area contributed by atoms with E-state index >= 15 is 0 Å². The highest BCUT2D eigenvalue weighted by Gasteiger charge is 2.41. The molecule has 2 amide bonds. The lowest BCUT2D eigenvalue weighted by molar-refractivity contribution is -0.127. The third-order valence-electron chi connectivity index (χ3n) is 8.20. The molecule has 5 rings (SSSR count). The third kappa shape index (κ3) is 5.37. The lowest BCUT2D eigenvalue weighted by Gasteiger charge is -2.39. The number of carbonyl (C=O) groups is 2. The van der Waals surface area contributed by atoms with Crippen molar-refractivity contribution in [2.75, 3.05) is 19.6 Å². The number of hydrogen-bond donors (Lipinski definition) is 2. The number of nitrogens with zero attached hydrogens (tertiary/aromatic N) is 3. The summed E-state index contributed by atoms with van der Waals surface area (Å²) in [6.07, 6.45) is 7.79. The van der Waals surface area contributed by atoms with Crippen LogP contribution in [0, 0.1) is 13.8 Å². The summed E-state index contributed by atoms with van der Waals surface area (Å²) in [6.45, 7) is 5.50. The highest BCUT2D eigenvalue weighted by atomic mass is 16.5. The molecule has 0 unspecified atom stereocenters. The highest BCUT2D eigenvalue weighted by Crippen LogP contribution is 2.28. The Hall–Kier alpha value is -2.65. The van der Waals surface area contributed by atoms with E-state index in [1.807, 2.05) is 24.8 Å². The van der Waals surface area contributed by atoms with Crippen LogP contribution in [0.5, 0.6) is 0 Å². The molecule has 2 atom stereocenters. The van der Waals surface area contributed by atoms with Crippen molar-refractivity contribution in [2.24, 2.45) is 0 Å². The zero-order valence-electron chi connectivity index (χ0n) is 21.4. The molecule has 196 valence electrons. The predicted molar refractivity (Wildman–Crippen MR) is 133 cm³/mol. The average molecular weight is 499 g/mol. The number of nitrogens with one attached hydrogen (secondary N) is 1. The molecule has 2 saturated heterocycles. The summed E-state index contributed by atoms with van der Waals surface area (Å²) in [5.41, 5.74) is 1.82. The first-order valence-corrected chi connectivity index (χ1v) is 13.4. The van der Waals surface area contributed by atoms with Crippen molar-refractivity contribution >= 4 is 11.8 Å². The molecule has 0 bridgehead atoms. The van der Waals surface area contributed by atoms with Gasteiger partial charge < -0.3 is 24.3 Å². The summed E-state index contributed by atoms with van der Waals surface area (Å²) in [7, 11) is 0. The van der Waals surface area contributed by atoms with Gasteiger partial charge in [-0.15, -0.1) is 0 Å². The van der Waals surface area contributed by atoms with Crippen molar-refractivity contribution in [1.82, 2.24) is 20.3 Å². The monoisotopic (exact) mass is 498 g/mol. The van der Waals surface area contributed by atoms with Crippen LogP contribution in [0.4, 0.5) is 0 Å². The molecule has 2 aromatic rings. The van der Waals surface area contributed by atoms with Crippen molar-refractivity contribution in [3.8, 4) is 0 Å². The van der Waals surface area contributed by atoms with Gasteiger partial charge in [-0.1, -0.05) is 24.4 Å². The molecule has 36 heavy (non-hydrogen) atoms. The zero-order chi connectivity index (χ0) is 25.2. The standard InChI is InChI=1S/C27H38N4O5/c1-17-23(18(2)36-29-17)15-22-8-9-25(35-22)27(34)30-12-10-20(11-13-30)31-16-21(32)14-24(31)26(33)28-19-6-4-3-5-7-19/h8-9,19-21,24,32H,3-7,10-16H2,1-2H3,(H,28,33)/t21-,24+/m1/s1. The molecule has 3 fully saturated rings. The van der Waals surface area contributed by atoms with Crippen LogP contribution in [-0.2, 0) is 11.2 Å². The fourth-order valence-electron chi connectivity index (χ4n) is 6.12. The van der Waals surface area contributed by atoms with Gasteiger partial charge >= 0.3 is 0 Å². The quantitative estimate of drug-likeness (QED) is 0.630. The van der Waals surface area contributed by atoms with Crippen LogP contribution in [0.1, 0.15) is 84.7 Å². The minimum absolute atomic E-state index is 0.0540. The van der Waals surface area contributed by atoms with Crippen molar-refractivity contribution < 1.29 is 23.6 Å². The number of carbonyl (C=O) groups excluding carboxylic acids is 2. The van der Waals surface area contributed by atoms with Gasteiger partial charge in [0.25, 0.3) is 5.91 Å². The lowest BCUT2D eigenvalue weighted by Crippen LogP contribution is -2.53. The number of aryl methyl sites for hydroxylation is 2. The normalized spacial score (nSPS) is 24.4. The van der Waals surface area contributed by atoms with Crippen LogP contribution in [0.2, 0.25) is 0 Å². The van der Waals surface area contributed by atoms with E-state index in [1.54, 1.807) is 6.07 Å². The molecule has 9 nitrogen and oxygen atoms in total. The van der Waals surface area contributed by atoms with Gasteiger partial charge in [0.1, 0.15) is 11.5 Å². The minimum atomic E-state index is -0.481. The molecule has 9 heteroatoms. The van der Waals surface area contributed by atoms with E-state index < -0.39 is 6.10 Å². The summed E-state index contributed by atoms with van der Waals surface area (Å²) >= 11 is 0. The number of β-amino-alcohol motifs (C(OH)–C–C–N with tert-alkyl or cyclic N) is 1.